The molecule has 4 aromatic heterocycles. The Kier molecular flexibility index (Phi) is 4.09. The molecule has 0 radical (unpaired) electrons. The van der Waals surface area contributed by atoms with Gasteiger partial charge in [-0.05, 0) is 31.5 Å². The summed E-state index contributed by atoms with van der Waals surface area (Å²) < 4.78 is 0. The van der Waals surface area contributed by atoms with Crippen LogP contribution in [-0.2, 0) is 0 Å². The van der Waals surface area contributed by atoms with Crippen molar-refractivity contribution in [3.8, 4) is 10.6 Å². The van der Waals surface area contributed by atoms with Gasteiger partial charge in [0.25, 0.3) is 5.91 Å². The molecule has 0 spiro atoms. The molecule has 4 aromatic rings. The minimum Gasteiger partial charge on any atom is -0.383 e. The first-order chi connectivity index (χ1) is 12.5. The highest BCUT2D eigenvalue weighted by molar-refractivity contribution is 7.21. The predicted octanol–water partition coefficient (Wildman–Crippen LogP) is 3.66. The van der Waals surface area contributed by atoms with Gasteiger partial charge in [-0.2, -0.15) is 0 Å². The molecular weight excluding hydrogens is 368 g/mol. The summed E-state index contributed by atoms with van der Waals surface area (Å²) in [6.45, 7) is 3.63. The van der Waals surface area contributed by atoms with Crippen molar-refractivity contribution in [3.63, 3.8) is 0 Å². The number of thiazole rings is 1. The molecule has 3 N–H and O–H groups in total. The summed E-state index contributed by atoms with van der Waals surface area (Å²) >= 11 is 2.68. The number of carbonyl (C=O) groups is 1. The number of nitrogen functional groups attached to an aromatic ring is 1. The third-order valence-electron chi connectivity index (χ3n) is 3.78. The topological polar surface area (TPSA) is 107 Å². The monoisotopic (exact) mass is 382 g/mol. The maximum absolute atomic E-state index is 12.7. The first-order valence-corrected chi connectivity index (χ1v) is 9.38. The third-order valence-corrected chi connectivity index (χ3v) is 5.90. The largest absolute Gasteiger partial charge is 0.383 e. The number of hydrogen-bond acceptors (Lipinski definition) is 8. The normalized spacial score (nSPS) is 11.0. The van der Waals surface area contributed by atoms with Crippen LogP contribution in [0, 0.1) is 13.8 Å². The van der Waals surface area contributed by atoms with E-state index in [2.05, 4.69) is 25.3 Å². The maximum atomic E-state index is 12.7. The van der Waals surface area contributed by atoms with Crippen molar-refractivity contribution < 1.29 is 4.79 Å². The summed E-state index contributed by atoms with van der Waals surface area (Å²) in [7, 11) is 0. The Morgan fingerprint density at radius 2 is 2.00 bits per heavy atom. The number of nitrogens with zero attached hydrogens (tertiary/aromatic N) is 4. The van der Waals surface area contributed by atoms with E-state index in [0.29, 0.717) is 26.5 Å². The van der Waals surface area contributed by atoms with Crippen molar-refractivity contribution in [1.82, 2.24) is 19.9 Å². The Morgan fingerprint density at radius 1 is 1.15 bits per heavy atom. The van der Waals surface area contributed by atoms with Crippen LogP contribution >= 0.6 is 22.7 Å². The molecule has 9 heteroatoms. The highest BCUT2D eigenvalue weighted by Crippen LogP contribution is 2.34. The van der Waals surface area contributed by atoms with Crippen LogP contribution in [0.3, 0.4) is 0 Å². The van der Waals surface area contributed by atoms with Gasteiger partial charge in [0.15, 0.2) is 5.13 Å². The molecule has 0 fully saturated rings. The van der Waals surface area contributed by atoms with E-state index in [-0.39, 0.29) is 5.91 Å². The summed E-state index contributed by atoms with van der Waals surface area (Å²) in [6.07, 6.45) is 3.43. The molecule has 0 aliphatic carbocycles. The highest BCUT2D eigenvalue weighted by atomic mass is 32.1. The van der Waals surface area contributed by atoms with E-state index in [1.54, 1.807) is 19.3 Å². The Labute approximate surface area is 157 Å². The standard InChI is InChI=1S/C17H14N6OS2/c1-8-12-14(18)21-9(2)22-16(12)26-13(8)15(24)23-17-20-7-11(25-17)10-5-3-4-6-19-10/h3-7H,1-2H3,(H2,18,21,22)(H,20,23,24). The van der Waals surface area contributed by atoms with Gasteiger partial charge in [-0.3, -0.25) is 15.1 Å². The average molecular weight is 382 g/mol. The van der Waals surface area contributed by atoms with Gasteiger partial charge in [0.1, 0.15) is 16.5 Å². The zero-order valence-corrected chi connectivity index (χ0v) is 15.6. The lowest BCUT2D eigenvalue weighted by Gasteiger charge is -2.01. The van der Waals surface area contributed by atoms with Gasteiger partial charge in [-0.15, -0.1) is 11.3 Å². The molecule has 0 saturated heterocycles. The number of rotatable bonds is 3. The predicted molar refractivity (Wildman–Crippen MR) is 105 cm³/mol. The van der Waals surface area contributed by atoms with Crippen LogP contribution in [-0.4, -0.2) is 25.8 Å². The zero-order chi connectivity index (χ0) is 18.3. The Balaban J connectivity index is 1.63. The van der Waals surface area contributed by atoms with Crippen molar-refractivity contribution in [1.29, 1.82) is 0 Å². The van der Waals surface area contributed by atoms with Crippen LogP contribution in [0.5, 0.6) is 0 Å². The molecule has 0 aromatic carbocycles. The fourth-order valence-electron chi connectivity index (χ4n) is 2.61. The van der Waals surface area contributed by atoms with Gasteiger partial charge in [0, 0.05) is 12.4 Å². The molecule has 0 unspecified atom stereocenters. The van der Waals surface area contributed by atoms with Crippen LogP contribution in [0.2, 0.25) is 0 Å². The fourth-order valence-corrected chi connectivity index (χ4v) is 4.53. The number of hydrogen-bond donors (Lipinski definition) is 2. The second-order valence-electron chi connectivity index (χ2n) is 5.59. The molecule has 0 saturated carbocycles. The maximum Gasteiger partial charge on any atom is 0.267 e. The molecular formula is C17H14N6OS2. The van der Waals surface area contributed by atoms with E-state index in [1.165, 1.54) is 22.7 Å². The first-order valence-electron chi connectivity index (χ1n) is 7.74. The number of aryl methyl sites for hydroxylation is 2. The number of nitrogens with two attached hydrogens (primary N) is 1. The number of aromatic nitrogens is 4. The number of anilines is 2. The smallest absolute Gasteiger partial charge is 0.267 e. The minimum atomic E-state index is -0.232. The summed E-state index contributed by atoms with van der Waals surface area (Å²) in [5, 5.41) is 4.10. The summed E-state index contributed by atoms with van der Waals surface area (Å²) in [6, 6.07) is 5.67. The van der Waals surface area contributed by atoms with Crippen molar-refractivity contribution in [2.24, 2.45) is 0 Å². The van der Waals surface area contributed by atoms with Crippen molar-refractivity contribution in [3.05, 3.63) is 46.9 Å². The second-order valence-corrected chi connectivity index (χ2v) is 7.62. The Morgan fingerprint density at radius 3 is 2.77 bits per heavy atom. The van der Waals surface area contributed by atoms with Crippen LogP contribution < -0.4 is 11.1 Å². The van der Waals surface area contributed by atoms with E-state index >= 15 is 0 Å². The van der Waals surface area contributed by atoms with Crippen molar-refractivity contribution >= 4 is 49.7 Å². The molecule has 26 heavy (non-hydrogen) atoms. The summed E-state index contributed by atoms with van der Waals surface area (Å²) in [5.74, 6) is 0.750. The van der Waals surface area contributed by atoms with Gasteiger partial charge in [-0.25, -0.2) is 15.0 Å². The Hall–Kier alpha value is -2.91. The number of fused-ring (bicyclic) bond motifs is 1. The van der Waals surface area contributed by atoms with Crippen LogP contribution in [0.15, 0.2) is 30.6 Å². The molecule has 1 amide bonds. The molecule has 0 aliphatic rings. The molecule has 4 rings (SSSR count). The van der Waals surface area contributed by atoms with Gasteiger partial charge in [0.2, 0.25) is 0 Å². The molecule has 130 valence electrons. The van der Waals surface area contributed by atoms with Crippen LogP contribution in [0.4, 0.5) is 10.9 Å². The highest BCUT2D eigenvalue weighted by Gasteiger charge is 2.20. The van der Waals surface area contributed by atoms with Gasteiger partial charge < -0.3 is 5.73 Å². The Bertz CT molecular complexity index is 1120. The number of thiophene rings is 1. The van der Waals surface area contributed by atoms with Gasteiger partial charge in [0.05, 0.1) is 20.8 Å². The molecule has 0 bridgehead atoms. The van der Waals surface area contributed by atoms with E-state index in [4.69, 9.17) is 5.73 Å². The lowest BCUT2D eigenvalue weighted by atomic mass is 10.2. The number of amides is 1. The van der Waals surface area contributed by atoms with E-state index in [0.717, 1.165) is 21.5 Å². The number of carbonyl (C=O) groups excluding carboxylic acids is 1. The lowest BCUT2D eigenvalue weighted by molar-refractivity contribution is 0.103. The molecule has 0 aliphatic heterocycles. The van der Waals surface area contributed by atoms with E-state index < -0.39 is 0 Å². The van der Waals surface area contributed by atoms with E-state index in [1.807, 2.05) is 25.1 Å². The van der Waals surface area contributed by atoms with Gasteiger partial charge >= 0.3 is 0 Å². The lowest BCUT2D eigenvalue weighted by Crippen LogP contribution is -2.11. The fraction of sp³-hybridized carbons (Fsp3) is 0.118. The third kappa shape index (κ3) is 2.91. The SMILES string of the molecule is Cc1nc(N)c2c(C)c(C(=O)Nc3ncc(-c4ccccn4)s3)sc2n1. The number of nitrogens with one attached hydrogen (secondary N) is 1. The second kappa shape index (κ2) is 6.43. The van der Waals surface area contributed by atoms with Crippen LogP contribution in [0.1, 0.15) is 21.1 Å². The minimum absolute atomic E-state index is 0.232. The first kappa shape index (κ1) is 16.6. The van der Waals surface area contributed by atoms with Crippen molar-refractivity contribution in [2.75, 3.05) is 11.1 Å². The summed E-state index contributed by atoms with van der Waals surface area (Å²) in [5.41, 5.74) is 7.60. The average Bonchev–Trinajstić information content (AvgIpc) is 3.20. The van der Waals surface area contributed by atoms with E-state index in [9.17, 15) is 4.79 Å². The zero-order valence-electron chi connectivity index (χ0n) is 14.0. The van der Waals surface area contributed by atoms with Gasteiger partial charge in [-0.1, -0.05) is 17.4 Å². The molecule has 0 atom stereocenters. The summed E-state index contributed by atoms with van der Waals surface area (Å²) in [4.78, 5) is 32.0. The quantitative estimate of drug-likeness (QED) is 0.560. The number of pyridine rings is 1. The molecule has 4 heterocycles. The van der Waals surface area contributed by atoms with Crippen LogP contribution in [0.25, 0.3) is 20.8 Å². The molecule has 7 nitrogen and oxygen atoms in total. The van der Waals surface area contributed by atoms with Crippen molar-refractivity contribution in [2.45, 2.75) is 13.8 Å².